The van der Waals surface area contributed by atoms with Gasteiger partial charge in [-0.25, -0.2) is 4.98 Å². The van der Waals surface area contributed by atoms with Crippen molar-refractivity contribution in [2.24, 2.45) is 0 Å². The number of pyridine rings is 1. The Morgan fingerprint density at radius 1 is 1.33 bits per heavy atom. The molecule has 0 radical (unpaired) electrons. The highest BCUT2D eigenvalue weighted by atomic mass is 79.9. The molecule has 0 aliphatic rings. The van der Waals surface area contributed by atoms with Gasteiger partial charge >= 0.3 is 0 Å². The van der Waals surface area contributed by atoms with Gasteiger partial charge in [-0.2, -0.15) is 0 Å². The van der Waals surface area contributed by atoms with Crippen LogP contribution in [0, 0.1) is 0 Å². The number of fused-ring (bicyclic) bond motifs is 1. The Kier molecular flexibility index (Phi) is 3.29. The highest BCUT2D eigenvalue weighted by molar-refractivity contribution is 9.10. The third kappa shape index (κ3) is 1.67. The summed E-state index contributed by atoms with van der Waals surface area (Å²) in [5.74, 6) is 0. The summed E-state index contributed by atoms with van der Waals surface area (Å²) < 4.78 is 3.00. The Hall–Kier alpha value is -0.830. The van der Waals surface area contributed by atoms with Crippen molar-refractivity contribution in [1.29, 1.82) is 0 Å². The summed E-state index contributed by atoms with van der Waals surface area (Å²) in [6.45, 7) is 4.00. The molecule has 0 saturated heterocycles. The van der Waals surface area contributed by atoms with Gasteiger partial charge in [0.15, 0.2) is 0 Å². The smallest absolute Gasteiger partial charge is 0.137 e. The maximum atomic E-state index is 4.11. The molecule has 0 atom stereocenters. The van der Waals surface area contributed by atoms with Crippen molar-refractivity contribution in [1.82, 2.24) is 9.38 Å². The van der Waals surface area contributed by atoms with Crippen LogP contribution in [0.25, 0.3) is 5.65 Å². The lowest BCUT2D eigenvalue weighted by Gasteiger charge is -1.93. The normalized spacial score (nSPS) is 9.25. The summed E-state index contributed by atoms with van der Waals surface area (Å²) in [7, 11) is 0. The molecule has 0 aromatic carbocycles. The van der Waals surface area contributed by atoms with Gasteiger partial charge in [0, 0.05) is 12.4 Å². The molecule has 0 bridgehead atoms. The molecule has 2 aromatic heterocycles. The first-order valence-electron chi connectivity index (χ1n) is 3.95. The van der Waals surface area contributed by atoms with E-state index in [0.717, 1.165) is 10.3 Å². The molecule has 0 N–H and O–H groups in total. The lowest BCUT2D eigenvalue weighted by molar-refractivity contribution is 1.14. The Balaban J connectivity index is 0.000000336. The van der Waals surface area contributed by atoms with Gasteiger partial charge in [-0.05, 0) is 28.1 Å². The summed E-state index contributed by atoms with van der Waals surface area (Å²) in [6, 6.07) is 5.91. The van der Waals surface area contributed by atoms with Crippen LogP contribution in [0.5, 0.6) is 0 Å². The van der Waals surface area contributed by atoms with Gasteiger partial charge in [-0.3, -0.25) is 4.40 Å². The van der Waals surface area contributed by atoms with Crippen LogP contribution in [0.3, 0.4) is 0 Å². The van der Waals surface area contributed by atoms with E-state index < -0.39 is 0 Å². The number of nitrogens with zero attached hydrogens (tertiary/aromatic N) is 2. The number of rotatable bonds is 0. The molecule has 3 heteroatoms. The van der Waals surface area contributed by atoms with Crippen LogP contribution in [0.15, 0.2) is 35.2 Å². The van der Waals surface area contributed by atoms with E-state index in [2.05, 4.69) is 20.9 Å². The van der Waals surface area contributed by atoms with Crippen molar-refractivity contribution in [2.75, 3.05) is 0 Å². The molecule has 0 aliphatic carbocycles. The number of aromatic nitrogens is 2. The zero-order valence-electron chi connectivity index (χ0n) is 7.16. The Morgan fingerprint density at radius 3 is 2.75 bits per heavy atom. The second kappa shape index (κ2) is 4.26. The van der Waals surface area contributed by atoms with Gasteiger partial charge in [0.2, 0.25) is 0 Å². The maximum Gasteiger partial charge on any atom is 0.137 e. The third-order valence-corrected chi connectivity index (χ3v) is 2.02. The van der Waals surface area contributed by atoms with E-state index in [1.807, 2.05) is 42.6 Å². The molecule has 0 unspecified atom stereocenters. The van der Waals surface area contributed by atoms with Crippen molar-refractivity contribution in [3.8, 4) is 0 Å². The van der Waals surface area contributed by atoms with Crippen LogP contribution in [0.2, 0.25) is 0 Å². The number of imidazole rings is 1. The standard InChI is InChI=1S/C7H5BrN2.C2H6/c8-6-2-1-3-7-9-4-5-10(6)7;1-2/h1-5H;1-2H3. The van der Waals surface area contributed by atoms with E-state index in [-0.39, 0.29) is 0 Å². The quantitative estimate of drug-likeness (QED) is 0.632. The topological polar surface area (TPSA) is 17.3 Å². The first-order valence-corrected chi connectivity index (χ1v) is 4.75. The van der Waals surface area contributed by atoms with Crippen LogP contribution < -0.4 is 0 Å². The minimum absolute atomic E-state index is 0.967. The maximum absolute atomic E-state index is 4.11. The molecule has 2 aromatic rings. The van der Waals surface area contributed by atoms with Crippen LogP contribution >= 0.6 is 15.9 Å². The van der Waals surface area contributed by atoms with Crippen molar-refractivity contribution in [3.63, 3.8) is 0 Å². The van der Waals surface area contributed by atoms with Gasteiger partial charge in [-0.15, -0.1) is 0 Å². The number of halogens is 1. The zero-order valence-corrected chi connectivity index (χ0v) is 8.75. The van der Waals surface area contributed by atoms with E-state index in [1.165, 1.54) is 0 Å². The van der Waals surface area contributed by atoms with Crippen LogP contribution in [-0.4, -0.2) is 9.38 Å². The van der Waals surface area contributed by atoms with Crippen molar-refractivity contribution >= 4 is 21.6 Å². The monoisotopic (exact) mass is 226 g/mol. The summed E-state index contributed by atoms with van der Waals surface area (Å²) in [4.78, 5) is 4.11. The minimum atomic E-state index is 0.967. The molecule has 0 amide bonds. The van der Waals surface area contributed by atoms with E-state index >= 15 is 0 Å². The molecule has 12 heavy (non-hydrogen) atoms. The Morgan fingerprint density at radius 2 is 2.08 bits per heavy atom. The average Bonchev–Trinajstić information content (AvgIpc) is 2.57. The average molecular weight is 227 g/mol. The SMILES string of the molecule is Brc1cccc2nccn12.CC. The summed E-state index contributed by atoms with van der Waals surface area (Å²) >= 11 is 3.40. The first kappa shape index (κ1) is 9.26. The lowest BCUT2D eigenvalue weighted by Crippen LogP contribution is -1.82. The van der Waals surface area contributed by atoms with Crippen molar-refractivity contribution in [3.05, 3.63) is 35.2 Å². The molecular weight excluding hydrogens is 216 g/mol. The second-order valence-electron chi connectivity index (χ2n) is 2.00. The molecule has 64 valence electrons. The highest BCUT2D eigenvalue weighted by Crippen LogP contribution is 2.10. The zero-order chi connectivity index (χ0) is 8.97. The van der Waals surface area contributed by atoms with Crippen molar-refractivity contribution < 1.29 is 0 Å². The summed E-state index contributed by atoms with van der Waals surface area (Å²) in [5.41, 5.74) is 0.967. The lowest BCUT2D eigenvalue weighted by atomic mass is 10.5. The molecule has 0 spiro atoms. The number of hydrogen-bond acceptors (Lipinski definition) is 1. The van der Waals surface area contributed by atoms with Gasteiger partial charge in [-0.1, -0.05) is 19.9 Å². The molecule has 0 fully saturated rings. The van der Waals surface area contributed by atoms with E-state index in [1.54, 1.807) is 6.20 Å². The molecule has 2 heterocycles. The molecule has 2 rings (SSSR count). The van der Waals surface area contributed by atoms with Gasteiger partial charge in [0.05, 0.1) is 4.60 Å². The first-order chi connectivity index (χ1) is 5.88. The van der Waals surface area contributed by atoms with Gasteiger partial charge < -0.3 is 0 Å². The fourth-order valence-electron chi connectivity index (χ4n) is 0.913. The van der Waals surface area contributed by atoms with Crippen LogP contribution in [-0.2, 0) is 0 Å². The minimum Gasteiger partial charge on any atom is -0.294 e. The number of hydrogen-bond donors (Lipinski definition) is 0. The van der Waals surface area contributed by atoms with Crippen LogP contribution in [0.1, 0.15) is 13.8 Å². The predicted octanol–water partition coefficient (Wildman–Crippen LogP) is 3.12. The largest absolute Gasteiger partial charge is 0.294 e. The fraction of sp³-hybridized carbons (Fsp3) is 0.222. The van der Waals surface area contributed by atoms with E-state index in [4.69, 9.17) is 0 Å². The highest BCUT2D eigenvalue weighted by Gasteiger charge is 1.93. The molecule has 0 saturated carbocycles. The Bertz CT molecular complexity index is 354. The molecular formula is C9H11BrN2. The molecule has 2 nitrogen and oxygen atoms in total. The van der Waals surface area contributed by atoms with Crippen LogP contribution in [0.4, 0.5) is 0 Å². The fourth-order valence-corrected chi connectivity index (χ4v) is 1.37. The third-order valence-electron chi connectivity index (χ3n) is 1.38. The molecule has 0 aliphatic heterocycles. The van der Waals surface area contributed by atoms with Crippen molar-refractivity contribution in [2.45, 2.75) is 13.8 Å². The van der Waals surface area contributed by atoms with Gasteiger partial charge in [0.25, 0.3) is 0 Å². The Labute approximate surface area is 80.4 Å². The predicted molar refractivity (Wildman–Crippen MR) is 54.2 cm³/mol. The second-order valence-corrected chi connectivity index (χ2v) is 2.82. The van der Waals surface area contributed by atoms with E-state index in [0.29, 0.717) is 0 Å². The van der Waals surface area contributed by atoms with Gasteiger partial charge in [0.1, 0.15) is 5.65 Å². The van der Waals surface area contributed by atoms with E-state index in [9.17, 15) is 0 Å². The summed E-state index contributed by atoms with van der Waals surface area (Å²) in [6.07, 6.45) is 3.69. The summed E-state index contributed by atoms with van der Waals surface area (Å²) in [5, 5.41) is 0.